The molecule has 2 heterocycles. The normalized spacial score (nSPS) is 34.2. The Morgan fingerprint density at radius 2 is 1.63 bits per heavy atom. The van der Waals surface area contributed by atoms with Crippen molar-refractivity contribution in [2.24, 2.45) is 28.6 Å². The average Bonchev–Trinajstić information content (AvgIpc) is 3.52. The molecule has 18 nitrogen and oxygen atoms in total. The van der Waals surface area contributed by atoms with Crippen LogP contribution in [0.25, 0.3) is 0 Å². The number of ether oxygens (including phenoxy) is 8. The molecule has 0 radical (unpaired) electrons. The highest BCUT2D eigenvalue weighted by atomic mass is 16.8. The smallest absolute Gasteiger partial charge is 0.456 e. The lowest BCUT2D eigenvalue weighted by atomic mass is 9.44. The van der Waals surface area contributed by atoms with Crippen molar-refractivity contribution in [3.05, 3.63) is 47.2 Å². The van der Waals surface area contributed by atoms with E-state index in [9.17, 15) is 39.0 Å². The van der Waals surface area contributed by atoms with Crippen LogP contribution in [-0.4, -0.2) is 118 Å². The predicted molar refractivity (Wildman–Crippen MR) is 211 cm³/mol. The van der Waals surface area contributed by atoms with E-state index in [0.29, 0.717) is 0 Å². The maximum Gasteiger partial charge on any atom is 0.509 e. The Bertz CT molecular complexity index is 2040. The van der Waals surface area contributed by atoms with E-state index in [4.69, 9.17) is 37.9 Å². The Hall–Kier alpha value is -5.07. The molecule has 1 amide bonds. The summed E-state index contributed by atoms with van der Waals surface area (Å²) in [5.74, 6) is -8.61. The first-order valence-electron chi connectivity index (χ1n) is 20.7. The maximum absolute atomic E-state index is 15.6. The third-order valence-electron chi connectivity index (χ3n) is 12.9. The molecule has 1 spiro atoms. The fraction of sp³-hybridized carbons (Fsp3) is 0.659. The Morgan fingerprint density at radius 3 is 2.18 bits per heavy atom. The number of esters is 4. The van der Waals surface area contributed by atoms with Crippen LogP contribution in [0.5, 0.6) is 0 Å². The van der Waals surface area contributed by atoms with Gasteiger partial charge in [0.05, 0.1) is 35.6 Å². The van der Waals surface area contributed by atoms with Crippen molar-refractivity contribution >= 4 is 41.9 Å². The van der Waals surface area contributed by atoms with Crippen LogP contribution >= 0.6 is 0 Å². The molecule has 6 rings (SSSR count). The first kappa shape index (κ1) is 46.4. The van der Waals surface area contributed by atoms with Crippen LogP contribution in [0, 0.1) is 28.6 Å². The zero-order valence-electron chi connectivity index (χ0n) is 36.8. The van der Waals surface area contributed by atoms with Crippen molar-refractivity contribution in [1.29, 1.82) is 0 Å². The second-order valence-electron chi connectivity index (χ2n) is 19.0. The quantitative estimate of drug-likeness (QED) is 0.223. The van der Waals surface area contributed by atoms with Gasteiger partial charge in [0.15, 0.2) is 29.7 Å². The van der Waals surface area contributed by atoms with Crippen molar-refractivity contribution in [2.75, 3.05) is 6.61 Å². The highest BCUT2D eigenvalue weighted by Gasteiger charge is 2.83. The van der Waals surface area contributed by atoms with Gasteiger partial charge in [-0.05, 0) is 57.7 Å². The topological polar surface area (TPSA) is 246 Å². The molecule has 1 aromatic carbocycles. The summed E-state index contributed by atoms with van der Waals surface area (Å²) >= 11 is 0. The number of hydrogen-bond acceptors (Lipinski definition) is 17. The molecule has 0 aromatic heterocycles. The number of aliphatic hydroxyl groups excluding tert-OH is 2. The van der Waals surface area contributed by atoms with Crippen LogP contribution in [0.2, 0.25) is 0 Å². The number of ketones is 1. The van der Waals surface area contributed by atoms with E-state index in [2.05, 4.69) is 5.32 Å². The summed E-state index contributed by atoms with van der Waals surface area (Å²) in [4.78, 5) is 97.3. The van der Waals surface area contributed by atoms with Crippen molar-refractivity contribution in [3.8, 4) is 0 Å². The minimum absolute atomic E-state index is 0.0261. The van der Waals surface area contributed by atoms with Gasteiger partial charge in [-0.2, -0.15) is 0 Å². The number of fused-ring (bicyclic) bond motifs is 4. The fourth-order valence-electron chi connectivity index (χ4n) is 10.4. The molecule has 2 aliphatic heterocycles. The Balaban J connectivity index is 1.61. The van der Waals surface area contributed by atoms with Crippen molar-refractivity contribution in [3.63, 3.8) is 0 Å². The number of amides is 1. The van der Waals surface area contributed by atoms with Gasteiger partial charge >= 0.3 is 36.1 Å². The van der Waals surface area contributed by atoms with Gasteiger partial charge in [-0.1, -0.05) is 52.8 Å². The second kappa shape index (κ2) is 16.2. The molecule has 2 bridgehead atoms. The summed E-state index contributed by atoms with van der Waals surface area (Å²) in [5.41, 5.74) is -9.05. The number of hydrogen-bond donors (Lipinski definition) is 3. The molecule has 3 N–H and O–H groups in total. The van der Waals surface area contributed by atoms with E-state index in [1.807, 2.05) is 0 Å². The molecule has 1 unspecified atom stereocenters. The lowest BCUT2D eigenvalue weighted by Gasteiger charge is -2.67. The number of rotatable bonds is 10. The summed E-state index contributed by atoms with van der Waals surface area (Å²) in [6, 6.07) is 6.47. The van der Waals surface area contributed by atoms with Crippen molar-refractivity contribution in [1.82, 2.24) is 5.32 Å². The van der Waals surface area contributed by atoms with Crippen LogP contribution < -0.4 is 5.32 Å². The minimum atomic E-state index is -2.36. The molecule has 3 aliphatic carbocycles. The highest BCUT2D eigenvalue weighted by Crippen LogP contribution is 2.67. The molecule has 62 heavy (non-hydrogen) atoms. The first-order valence-corrected chi connectivity index (χ1v) is 20.7. The van der Waals surface area contributed by atoms with Gasteiger partial charge in [-0.3, -0.25) is 14.4 Å². The van der Waals surface area contributed by atoms with E-state index in [-0.39, 0.29) is 36.5 Å². The molecule has 5 aliphatic rings. The molecule has 12 atom stereocenters. The lowest BCUT2D eigenvalue weighted by molar-refractivity contribution is -0.345. The number of carbonyl (C=O) groups is 7. The average molecular weight is 872 g/mol. The van der Waals surface area contributed by atoms with Gasteiger partial charge in [-0.25, -0.2) is 19.2 Å². The summed E-state index contributed by atoms with van der Waals surface area (Å²) in [6.45, 7) is 16.3. The lowest BCUT2D eigenvalue weighted by Crippen LogP contribution is -2.82. The zero-order chi connectivity index (χ0) is 46.1. The van der Waals surface area contributed by atoms with Crippen molar-refractivity contribution in [2.45, 2.75) is 148 Å². The van der Waals surface area contributed by atoms with E-state index in [0.717, 1.165) is 13.8 Å². The monoisotopic (exact) mass is 871 g/mol. The molecule has 1 aromatic rings. The predicted octanol–water partition coefficient (Wildman–Crippen LogP) is 3.86. The number of benzene rings is 1. The summed E-state index contributed by atoms with van der Waals surface area (Å²) in [6.07, 6.45) is -12.5. The van der Waals surface area contributed by atoms with Crippen molar-refractivity contribution < 1.29 is 81.7 Å². The number of aliphatic hydroxyl groups is 2. The highest BCUT2D eigenvalue weighted by molar-refractivity contribution is 6.02. The number of allylic oxidation sites excluding steroid dienone is 1. The van der Waals surface area contributed by atoms with Gasteiger partial charge in [0.1, 0.15) is 17.8 Å². The third-order valence-corrected chi connectivity index (χ3v) is 12.9. The van der Waals surface area contributed by atoms with Crippen LogP contribution in [0.15, 0.2) is 41.7 Å². The van der Waals surface area contributed by atoms with E-state index >= 15 is 4.79 Å². The largest absolute Gasteiger partial charge is 0.509 e. The number of alkyl carbamates (subject to hydrolysis) is 1. The second-order valence-corrected chi connectivity index (χ2v) is 19.0. The van der Waals surface area contributed by atoms with Gasteiger partial charge in [0.2, 0.25) is 11.4 Å². The zero-order valence-corrected chi connectivity index (χ0v) is 36.8. The maximum atomic E-state index is 15.6. The summed E-state index contributed by atoms with van der Waals surface area (Å²) < 4.78 is 48.1. The van der Waals surface area contributed by atoms with Crippen LogP contribution in [0.4, 0.5) is 9.59 Å². The molecule has 2 saturated heterocycles. The van der Waals surface area contributed by atoms with E-state index in [1.54, 1.807) is 66.7 Å². The molecule has 4 fully saturated rings. The Morgan fingerprint density at radius 1 is 0.984 bits per heavy atom. The third kappa shape index (κ3) is 7.61. The van der Waals surface area contributed by atoms with Gasteiger partial charge in [0, 0.05) is 31.6 Å². The SMILES string of the molecule is CC(=O)OC1=C2C(C)[C@@H](OC(=O)[C@H](O)[C@H](CC(C)C)NC(=O)OC(C)(C)C)[C@@H]3OC(=O)O[C@]3([C@@H](OC(=O)c3ccccc3)[C@@H]3[C@]4(OC(C)=O)CO[C@@H]4C[C@H](O)[C@@]3(C)C1=O)C2(C)C. The number of nitrogens with one attached hydrogen (secondary N) is 1. The molecular formula is C44H57NO17. The number of carbonyl (C=O) groups excluding carboxylic acids is 7. The molecular weight excluding hydrogens is 814 g/mol. The van der Waals surface area contributed by atoms with Gasteiger partial charge in [-0.15, -0.1) is 0 Å². The molecule has 18 heteroatoms. The van der Waals surface area contributed by atoms with Crippen LogP contribution in [0.1, 0.15) is 99.4 Å². The molecule has 340 valence electrons. The fourth-order valence-corrected chi connectivity index (χ4v) is 10.4. The standard InChI is InChI=1S/C44H57NO17/c1-20(2)17-25(45-38(53)61-40(6,7)8)29(49)37(52)57-30-21(3)28-31(56-22(4)46)33(50)42(11)26(48)18-27-43(19-55-27,60-23(5)47)32(42)35(58-36(51)24-15-13-12-14-16-24)44(41(28,9)10)34(30)59-39(54)62-44/h12-16,20-21,25-27,29-30,32,34-35,48-49H,17-19H2,1-11H3,(H,45,53)/t21?,25-,26-,27+,29+,30+,32-,34-,35-,42+,43-,44+/m0/s1. The first-order chi connectivity index (χ1) is 28.7. The Labute approximate surface area is 359 Å². The van der Waals surface area contributed by atoms with Crippen LogP contribution in [-0.2, 0) is 57.1 Å². The van der Waals surface area contributed by atoms with Crippen LogP contribution in [0.3, 0.4) is 0 Å². The molecule has 2 saturated carbocycles. The summed E-state index contributed by atoms with van der Waals surface area (Å²) in [5, 5.41) is 26.3. The van der Waals surface area contributed by atoms with Gasteiger partial charge < -0.3 is 53.4 Å². The number of Topliss-reactive ketones (excluding diaryl/α,β-unsaturated/α-hetero) is 1. The van der Waals surface area contributed by atoms with E-state index in [1.165, 1.54) is 26.0 Å². The Kier molecular flexibility index (Phi) is 12.2. The van der Waals surface area contributed by atoms with Gasteiger partial charge in [0.25, 0.3) is 0 Å². The summed E-state index contributed by atoms with van der Waals surface area (Å²) in [7, 11) is 0. The minimum Gasteiger partial charge on any atom is -0.456 e. The van der Waals surface area contributed by atoms with E-state index < -0.39 is 130 Å².